The van der Waals surface area contributed by atoms with Gasteiger partial charge in [-0.2, -0.15) is 4.57 Å². The zero-order valence-electron chi connectivity index (χ0n) is 10.6. The van der Waals surface area contributed by atoms with Crippen molar-refractivity contribution in [1.29, 1.82) is 0 Å². The van der Waals surface area contributed by atoms with Gasteiger partial charge >= 0.3 is 0 Å². The largest absolute Gasteiger partial charge is 0.396 e. The number of hydrogen-bond donors (Lipinski definition) is 1. The fraction of sp³-hybridized carbons (Fsp3) is 0.267. The maximum absolute atomic E-state index is 8.99. The highest BCUT2D eigenvalue weighted by Gasteiger charge is 2.14. The Labute approximate surface area is 112 Å². The highest BCUT2D eigenvalue weighted by atomic mass is 32.1. The van der Waals surface area contributed by atoms with Crippen LogP contribution in [0.3, 0.4) is 0 Å². The number of rotatable bonds is 5. The first-order chi connectivity index (χ1) is 8.74. The monoisotopic (exact) mass is 260 g/mol. The van der Waals surface area contributed by atoms with Crippen molar-refractivity contribution in [2.24, 2.45) is 0 Å². The molecule has 18 heavy (non-hydrogen) atoms. The summed E-state index contributed by atoms with van der Waals surface area (Å²) in [5, 5.41) is 8.99. The van der Waals surface area contributed by atoms with Crippen LogP contribution in [-0.2, 0) is 13.0 Å². The Morgan fingerprint density at radius 1 is 1.33 bits per heavy atom. The number of benzene rings is 1. The van der Waals surface area contributed by atoms with Gasteiger partial charge in [-0.05, 0) is 5.56 Å². The predicted molar refractivity (Wildman–Crippen MR) is 75.7 cm³/mol. The van der Waals surface area contributed by atoms with E-state index in [-0.39, 0.29) is 6.61 Å². The zero-order chi connectivity index (χ0) is 13.0. The molecule has 2 rings (SSSR count). The van der Waals surface area contributed by atoms with E-state index in [0.717, 1.165) is 18.5 Å². The molecule has 0 saturated heterocycles. The molecule has 0 atom stereocenters. The van der Waals surface area contributed by atoms with E-state index < -0.39 is 0 Å². The standard InChI is InChI=1S/C15H18NOS/c1-3-13-4-6-14(7-5-13)10-16-11-18-15(8-9-17)12(16)2/h3-7,11,17H,1,8-10H2,2H3/q+1. The summed E-state index contributed by atoms with van der Waals surface area (Å²) in [4.78, 5) is 1.26. The Balaban J connectivity index is 2.15. The minimum atomic E-state index is 0.218. The summed E-state index contributed by atoms with van der Waals surface area (Å²) in [7, 11) is 0. The van der Waals surface area contributed by atoms with Crippen LogP contribution >= 0.6 is 11.3 Å². The predicted octanol–water partition coefficient (Wildman–Crippen LogP) is 2.57. The Kier molecular flexibility index (Phi) is 4.28. The van der Waals surface area contributed by atoms with Crippen LogP contribution in [0.4, 0.5) is 0 Å². The first-order valence-electron chi connectivity index (χ1n) is 6.03. The van der Waals surface area contributed by atoms with Crippen LogP contribution in [0.2, 0.25) is 0 Å². The SMILES string of the molecule is C=Cc1ccc(C[n+]2csc(CCO)c2C)cc1. The first-order valence-corrected chi connectivity index (χ1v) is 6.91. The average molecular weight is 260 g/mol. The van der Waals surface area contributed by atoms with Crippen molar-refractivity contribution in [1.82, 2.24) is 0 Å². The Hall–Kier alpha value is -1.45. The van der Waals surface area contributed by atoms with Crippen molar-refractivity contribution in [2.45, 2.75) is 19.9 Å². The molecule has 0 amide bonds. The minimum absolute atomic E-state index is 0.218. The summed E-state index contributed by atoms with van der Waals surface area (Å²) in [6.07, 6.45) is 2.60. The van der Waals surface area contributed by atoms with Gasteiger partial charge in [0.1, 0.15) is 0 Å². The lowest BCUT2D eigenvalue weighted by Crippen LogP contribution is -2.35. The van der Waals surface area contributed by atoms with Gasteiger partial charge in [-0.15, -0.1) is 0 Å². The highest BCUT2D eigenvalue weighted by Crippen LogP contribution is 2.12. The topological polar surface area (TPSA) is 24.1 Å². The van der Waals surface area contributed by atoms with Crippen LogP contribution < -0.4 is 4.57 Å². The van der Waals surface area contributed by atoms with E-state index in [0.29, 0.717) is 0 Å². The number of nitrogens with zero attached hydrogens (tertiary/aromatic N) is 1. The first kappa shape index (κ1) is 13.0. The van der Waals surface area contributed by atoms with Gasteiger partial charge in [0.2, 0.25) is 5.51 Å². The second-order valence-corrected chi connectivity index (χ2v) is 5.22. The summed E-state index contributed by atoms with van der Waals surface area (Å²) < 4.78 is 2.23. The van der Waals surface area contributed by atoms with Crippen LogP contribution in [0.25, 0.3) is 6.08 Å². The molecule has 0 aliphatic rings. The number of aliphatic hydroxyl groups excluding tert-OH is 1. The van der Waals surface area contributed by atoms with Gasteiger partial charge in [-0.25, -0.2) is 0 Å². The van der Waals surface area contributed by atoms with Crippen molar-refractivity contribution in [3.8, 4) is 0 Å². The van der Waals surface area contributed by atoms with Gasteiger partial charge in [0, 0.05) is 25.5 Å². The molecule has 1 heterocycles. The van der Waals surface area contributed by atoms with E-state index in [1.54, 1.807) is 11.3 Å². The quantitative estimate of drug-likeness (QED) is 0.821. The van der Waals surface area contributed by atoms with Gasteiger partial charge < -0.3 is 5.11 Å². The lowest BCUT2D eigenvalue weighted by molar-refractivity contribution is -0.689. The van der Waals surface area contributed by atoms with Crippen LogP contribution in [-0.4, -0.2) is 11.7 Å². The zero-order valence-corrected chi connectivity index (χ0v) is 11.4. The number of aromatic nitrogens is 1. The van der Waals surface area contributed by atoms with Crippen LogP contribution in [0.5, 0.6) is 0 Å². The third kappa shape index (κ3) is 2.86. The molecule has 1 N–H and O–H groups in total. The van der Waals surface area contributed by atoms with E-state index in [9.17, 15) is 0 Å². The highest BCUT2D eigenvalue weighted by molar-refractivity contribution is 7.09. The van der Waals surface area contributed by atoms with Crippen LogP contribution in [0.1, 0.15) is 21.7 Å². The number of aliphatic hydroxyl groups is 1. The molecule has 0 bridgehead atoms. The summed E-state index contributed by atoms with van der Waals surface area (Å²) in [5.41, 5.74) is 5.80. The molecule has 94 valence electrons. The van der Waals surface area contributed by atoms with Gasteiger partial charge in [-0.3, -0.25) is 0 Å². The molecule has 2 aromatic rings. The Morgan fingerprint density at radius 3 is 2.67 bits per heavy atom. The van der Waals surface area contributed by atoms with E-state index in [1.165, 1.54) is 16.1 Å². The molecule has 3 heteroatoms. The summed E-state index contributed by atoms with van der Waals surface area (Å²) in [5.74, 6) is 0. The smallest absolute Gasteiger partial charge is 0.225 e. The normalized spacial score (nSPS) is 10.6. The van der Waals surface area contributed by atoms with Crippen LogP contribution in [0, 0.1) is 6.92 Å². The maximum Gasteiger partial charge on any atom is 0.225 e. The molecular formula is C15H18NOS+. The third-order valence-electron chi connectivity index (χ3n) is 3.06. The Bertz CT molecular complexity index is 528. The van der Waals surface area contributed by atoms with Gasteiger partial charge in [-0.1, -0.05) is 48.3 Å². The maximum atomic E-state index is 8.99. The van der Waals surface area contributed by atoms with Gasteiger partial charge in [0.15, 0.2) is 12.2 Å². The number of thiazole rings is 1. The number of hydrogen-bond acceptors (Lipinski definition) is 2. The lowest BCUT2D eigenvalue weighted by atomic mass is 10.1. The van der Waals surface area contributed by atoms with Crippen molar-refractivity contribution in [3.63, 3.8) is 0 Å². The van der Waals surface area contributed by atoms with E-state index in [2.05, 4.69) is 47.8 Å². The van der Waals surface area contributed by atoms with Crippen LogP contribution in [0.15, 0.2) is 36.4 Å². The molecule has 0 unspecified atom stereocenters. The summed E-state index contributed by atoms with van der Waals surface area (Å²) in [6.45, 7) is 6.96. The second-order valence-electron chi connectivity index (χ2n) is 4.28. The van der Waals surface area contributed by atoms with E-state index in [4.69, 9.17) is 5.11 Å². The molecule has 0 spiro atoms. The molecule has 1 aromatic carbocycles. The molecule has 0 aliphatic carbocycles. The molecule has 2 nitrogen and oxygen atoms in total. The lowest BCUT2D eigenvalue weighted by Gasteiger charge is -1.99. The molecule has 0 fully saturated rings. The summed E-state index contributed by atoms with van der Waals surface area (Å²) in [6, 6.07) is 8.43. The van der Waals surface area contributed by atoms with Crippen molar-refractivity contribution in [2.75, 3.05) is 6.61 Å². The van der Waals surface area contributed by atoms with Crippen molar-refractivity contribution in [3.05, 3.63) is 58.1 Å². The molecule has 0 saturated carbocycles. The Morgan fingerprint density at radius 2 is 2.06 bits per heavy atom. The van der Waals surface area contributed by atoms with E-state index >= 15 is 0 Å². The molecular weight excluding hydrogens is 242 g/mol. The average Bonchev–Trinajstić information content (AvgIpc) is 2.73. The minimum Gasteiger partial charge on any atom is -0.396 e. The molecule has 1 aromatic heterocycles. The van der Waals surface area contributed by atoms with E-state index in [1.807, 2.05) is 6.08 Å². The van der Waals surface area contributed by atoms with Gasteiger partial charge in [0.25, 0.3) is 0 Å². The van der Waals surface area contributed by atoms with Crippen molar-refractivity contribution < 1.29 is 9.67 Å². The van der Waals surface area contributed by atoms with Crippen molar-refractivity contribution >= 4 is 17.4 Å². The summed E-state index contributed by atoms with van der Waals surface area (Å²) >= 11 is 1.71. The molecule has 0 radical (unpaired) electrons. The fourth-order valence-electron chi connectivity index (χ4n) is 1.90. The molecule has 0 aliphatic heterocycles. The second kappa shape index (κ2) is 5.94. The third-order valence-corrected chi connectivity index (χ3v) is 4.21. The van der Waals surface area contributed by atoms with Gasteiger partial charge in [0.05, 0.1) is 4.88 Å². The fourth-order valence-corrected chi connectivity index (χ4v) is 2.89.